The minimum Gasteiger partial charge on any atom is -0.497 e. The van der Waals surface area contributed by atoms with E-state index in [1.165, 1.54) is 5.56 Å². The summed E-state index contributed by atoms with van der Waals surface area (Å²) in [6.07, 6.45) is 8.30. The summed E-state index contributed by atoms with van der Waals surface area (Å²) in [7, 11) is 1.68. The van der Waals surface area contributed by atoms with Crippen LogP contribution in [0.1, 0.15) is 37.3 Å². The summed E-state index contributed by atoms with van der Waals surface area (Å²) in [4.78, 5) is 8.89. The van der Waals surface area contributed by atoms with Crippen molar-refractivity contribution >= 4 is 16.9 Å². The first-order chi connectivity index (χ1) is 15.7. The number of benzene rings is 2. The van der Waals surface area contributed by atoms with Crippen molar-refractivity contribution in [1.29, 1.82) is 0 Å². The molecule has 164 valence electrons. The van der Waals surface area contributed by atoms with E-state index in [2.05, 4.69) is 68.5 Å². The van der Waals surface area contributed by atoms with Gasteiger partial charge in [0.2, 0.25) is 0 Å². The Morgan fingerprint density at radius 1 is 1.00 bits per heavy atom. The molecule has 5 rings (SSSR count). The van der Waals surface area contributed by atoms with E-state index < -0.39 is 0 Å². The molecule has 0 bridgehead atoms. The van der Waals surface area contributed by atoms with E-state index in [1.807, 2.05) is 12.1 Å². The van der Waals surface area contributed by atoms with Gasteiger partial charge in [-0.15, -0.1) is 0 Å². The molecule has 1 aliphatic rings. The third-order valence-electron chi connectivity index (χ3n) is 6.57. The summed E-state index contributed by atoms with van der Waals surface area (Å²) < 4.78 is 7.63. The average Bonchev–Trinajstić information content (AvgIpc) is 3.25. The molecule has 0 saturated heterocycles. The average molecular weight is 428 g/mol. The zero-order chi connectivity index (χ0) is 21.9. The number of nitrogens with zero attached hydrogens (tertiary/aromatic N) is 3. The van der Waals surface area contributed by atoms with Gasteiger partial charge in [0.25, 0.3) is 0 Å². The summed E-state index contributed by atoms with van der Waals surface area (Å²) in [5.41, 5.74) is 10.7. The van der Waals surface area contributed by atoms with Crippen LogP contribution in [0.3, 0.4) is 0 Å². The summed E-state index contributed by atoms with van der Waals surface area (Å²) in [5.74, 6) is 1.36. The molecule has 2 aromatic carbocycles. The first-order valence-corrected chi connectivity index (χ1v) is 11.3. The summed E-state index contributed by atoms with van der Waals surface area (Å²) in [6.45, 7) is 0.925. The zero-order valence-electron chi connectivity index (χ0n) is 18.4. The van der Waals surface area contributed by atoms with Crippen LogP contribution in [0.2, 0.25) is 0 Å². The third kappa shape index (κ3) is 4.06. The Bertz CT molecular complexity index is 1180. The number of nitrogens with one attached hydrogen (secondary N) is 1. The van der Waals surface area contributed by atoms with E-state index in [0.717, 1.165) is 60.1 Å². The Morgan fingerprint density at radius 3 is 2.47 bits per heavy atom. The number of rotatable bonds is 6. The van der Waals surface area contributed by atoms with E-state index in [-0.39, 0.29) is 0 Å². The van der Waals surface area contributed by atoms with Crippen LogP contribution < -0.4 is 15.8 Å². The fraction of sp³-hybridized carbons (Fsp3) is 0.308. The molecule has 0 radical (unpaired) electrons. The largest absolute Gasteiger partial charge is 0.497 e. The van der Waals surface area contributed by atoms with Crippen molar-refractivity contribution in [2.75, 3.05) is 12.8 Å². The first-order valence-electron chi connectivity index (χ1n) is 11.3. The van der Waals surface area contributed by atoms with Gasteiger partial charge in [0.1, 0.15) is 23.5 Å². The van der Waals surface area contributed by atoms with Crippen LogP contribution in [-0.2, 0) is 6.54 Å². The lowest BCUT2D eigenvalue weighted by Gasteiger charge is -2.30. The molecule has 6 nitrogen and oxygen atoms in total. The lowest BCUT2D eigenvalue weighted by atomic mass is 9.91. The molecule has 0 spiro atoms. The summed E-state index contributed by atoms with van der Waals surface area (Å²) >= 11 is 0. The van der Waals surface area contributed by atoms with Gasteiger partial charge in [-0.05, 0) is 48.9 Å². The predicted octanol–water partition coefficient (Wildman–Crippen LogP) is 4.96. The smallest absolute Gasteiger partial charge is 0.146 e. The van der Waals surface area contributed by atoms with Gasteiger partial charge >= 0.3 is 0 Å². The number of methoxy groups -OCH3 is 1. The van der Waals surface area contributed by atoms with Gasteiger partial charge in [0.05, 0.1) is 12.5 Å². The Kier molecular flexibility index (Phi) is 5.77. The van der Waals surface area contributed by atoms with Crippen molar-refractivity contribution in [3.63, 3.8) is 0 Å². The van der Waals surface area contributed by atoms with E-state index in [0.29, 0.717) is 17.9 Å². The van der Waals surface area contributed by atoms with E-state index in [4.69, 9.17) is 10.5 Å². The molecule has 0 atom stereocenters. The SMILES string of the molecule is COc1ccc(-c2cn(C3CCC(NCc4ccccc4)CC3)c3ncnc(N)c23)cc1. The van der Waals surface area contributed by atoms with Crippen LogP contribution in [0.5, 0.6) is 5.75 Å². The number of fused-ring (bicyclic) bond motifs is 1. The van der Waals surface area contributed by atoms with Gasteiger partial charge in [-0.2, -0.15) is 0 Å². The third-order valence-corrected chi connectivity index (χ3v) is 6.57. The topological polar surface area (TPSA) is 78.0 Å². The van der Waals surface area contributed by atoms with E-state index in [1.54, 1.807) is 13.4 Å². The predicted molar refractivity (Wildman–Crippen MR) is 129 cm³/mol. The molecule has 1 saturated carbocycles. The molecule has 2 aromatic heterocycles. The highest BCUT2D eigenvalue weighted by molar-refractivity contribution is 6.00. The molecule has 0 aliphatic heterocycles. The molecule has 2 heterocycles. The first kappa shape index (κ1) is 20.5. The van der Waals surface area contributed by atoms with Crippen molar-refractivity contribution in [1.82, 2.24) is 19.9 Å². The van der Waals surface area contributed by atoms with E-state index >= 15 is 0 Å². The second-order valence-electron chi connectivity index (χ2n) is 8.51. The maximum absolute atomic E-state index is 6.31. The van der Waals surface area contributed by atoms with Crippen molar-refractivity contribution in [2.45, 2.75) is 44.3 Å². The number of aromatic nitrogens is 3. The molecule has 1 aliphatic carbocycles. The molecule has 0 amide bonds. The number of hydrogen-bond donors (Lipinski definition) is 2. The second-order valence-corrected chi connectivity index (χ2v) is 8.51. The molecular formula is C26H29N5O. The Morgan fingerprint density at radius 2 is 1.75 bits per heavy atom. The molecule has 6 heteroatoms. The van der Waals surface area contributed by atoms with Crippen molar-refractivity contribution in [3.8, 4) is 16.9 Å². The Labute approximate surface area is 188 Å². The lowest BCUT2D eigenvalue weighted by molar-refractivity contribution is 0.294. The highest BCUT2D eigenvalue weighted by Crippen LogP contribution is 2.38. The van der Waals surface area contributed by atoms with Gasteiger partial charge in [-0.1, -0.05) is 42.5 Å². The molecule has 32 heavy (non-hydrogen) atoms. The number of anilines is 1. The number of hydrogen-bond acceptors (Lipinski definition) is 5. The van der Waals surface area contributed by atoms with Crippen LogP contribution in [0.25, 0.3) is 22.2 Å². The Balaban J connectivity index is 1.36. The fourth-order valence-corrected chi connectivity index (χ4v) is 4.79. The summed E-state index contributed by atoms with van der Waals surface area (Å²) in [6, 6.07) is 19.6. The fourth-order valence-electron chi connectivity index (χ4n) is 4.79. The molecule has 0 unspecified atom stereocenters. The van der Waals surface area contributed by atoms with Crippen LogP contribution >= 0.6 is 0 Å². The molecule has 1 fully saturated rings. The van der Waals surface area contributed by atoms with Gasteiger partial charge in [0, 0.05) is 30.4 Å². The summed E-state index contributed by atoms with van der Waals surface area (Å²) in [5, 5.41) is 4.66. The molecular weight excluding hydrogens is 398 g/mol. The van der Waals surface area contributed by atoms with Crippen LogP contribution in [-0.4, -0.2) is 27.7 Å². The van der Waals surface area contributed by atoms with Gasteiger partial charge in [0.15, 0.2) is 0 Å². The van der Waals surface area contributed by atoms with Crippen molar-refractivity contribution in [2.24, 2.45) is 0 Å². The maximum atomic E-state index is 6.31. The monoisotopic (exact) mass is 427 g/mol. The van der Waals surface area contributed by atoms with Gasteiger partial charge in [-0.25, -0.2) is 9.97 Å². The standard InChI is InChI=1S/C26H29N5O/c1-32-22-13-7-19(8-14-22)23-16-31(26-24(23)25(27)29-17-30-26)21-11-9-20(10-12-21)28-15-18-5-3-2-4-6-18/h2-8,13-14,16-17,20-21,28H,9-12,15H2,1H3,(H2,27,29,30). The minimum atomic E-state index is 0.411. The second kappa shape index (κ2) is 9.01. The van der Waals surface area contributed by atoms with Crippen molar-refractivity contribution in [3.05, 3.63) is 72.7 Å². The van der Waals surface area contributed by atoms with E-state index in [9.17, 15) is 0 Å². The normalized spacial score (nSPS) is 18.7. The van der Waals surface area contributed by atoms with Gasteiger partial charge in [-0.3, -0.25) is 0 Å². The minimum absolute atomic E-state index is 0.411. The molecule has 3 N–H and O–H groups in total. The maximum Gasteiger partial charge on any atom is 0.146 e. The van der Waals surface area contributed by atoms with Crippen molar-refractivity contribution < 1.29 is 4.74 Å². The highest BCUT2D eigenvalue weighted by Gasteiger charge is 2.25. The lowest BCUT2D eigenvalue weighted by Crippen LogP contribution is -2.33. The highest BCUT2D eigenvalue weighted by atomic mass is 16.5. The number of ether oxygens (including phenoxy) is 1. The van der Waals surface area contributed by atoms with Gasteiger partial charge < -0.3 is 20.4 Å². The molecule has 4 aromatic rings. The zero-order valence-corrected chi connectivity index (χ0v) is 18.4. The Hall–Kier alpha value is -3.38. The van der Waals surface area contributed by atoms with Crippen LogP contribution in [0, 0.1) is 0 Å². The van der Waals surface area contributed by atoms with Crippen LogP contribution in [0.15, 0.2) is 67.1 Å². The van der Waals surface area contributed by atoms with Crippen LogP contribution in [0.4, 0.5) is 5.82 Å². The number of nitrogens with two attached hydrogens (primary N) is 1. The number of nitrogen functional groups attached to an aromatic ring is 1. The quantitative estimate of drug-likeness (QED) is 0.455.